The zero-order valence-electron chi connectivity index (χ0n) is 14.2. The molecule has 2 aromatic carbocycles. The fraction of sp³-hybridized carbons (Fsp3) is 0.211. The van der Waals surface area contributed by atoms with Crippen molar-refractivity contribution < 1.29 is 4.79 Å². The zero-order chi connectivity index (χ0) is 17.6. The molecule has 3 aromatic rings. The molecule has 0 saturated carbocycles. The lowest BCUT2D eigenvalue weighted by atomic mass is 10.2. The number of benzene rings is 2. The van der Waals surface area contributed by atoms with Crippen molar-refractivity contribution in [3.63, 3.8) is 0 Å². The van der Waals surface area contributed by atoms with Crippen molar-refractivity contribution in [1.29, 1.82) is 0 Å². The molecule has 3 rings (SSSR count). The average molecular weight is 352 g/mol. The standard InChI is InChI=1S/C19H20N4OS/c1-15(18(24)22(2)13-16-9-5-3-6-10-16)25-19-20-14-23(21-19)17-11-7-4-8-12-17/h3-12,14-15H,13H2,1-2H3. The van der Waals surface area contributed by atoms with Crippen LogP contribution in [0.3, 0.4) is 0 Å². The van der Waals surface area contributed by atoms with Crippen molar-refractivity contribution in [3.05, 3.63) is 72.6 Å². The van der Waals surface area contributed by atoms with Crippen LogP contribution in [0.2, 0.25) is 0 Å². The first kappa shape index (κ1) is 17.2. The maximum Gasteiger partial charge on any atom is 0.235 e. The number of hydrogen-bond acceptors (Lipinski definition) is 4. The Morgan fingerprint density at radius 3 is 2.44 bits per heavy atom. The molecule has 0 fully saturated rings. The maximum absolute atomic E-state index is 12.6. The predicted molar refractivity (Wildman–Crippen MR) is 99.6 cm³/mol. The number of aromatic nitrogens is 3. The smallest absolute Gasteiger partial charge is 0.235 e. The predicted octanol–water partition coefficient (Wildman–Crippen LogP) is 3.41. The molecule has 5 nitrogen and oxygen atoms in total. The normalized spacial score (nSPS) is 11.9. The van der Waals surface area contributed by atoms with Crippen LogP contribution in [0.5, 0.6) is 0 Å². The fourth-order valence-electron chi connectivity index (χ4n) is 2.46. The van der Waals surface area contributed by atoms with E-state index < -0.39 is 0 Å². The minimum Gasteiger partial charge on any atom is -0.340 e. The van der Waals surface area contributed by atoms with Crippen LogP contribution in [0.25, 0.3) is 5.69 Å². The molecule has 1 heterocycles. The number of nitrogens with zero attached hydrogens (tertiary/aromatic N) is 4. The molecule has 1 amide bonds. The van der Waals surface area contributed by atoms with Crippen LogP contribution < -0.4 is 0 Å². The Balaban J connectivity index is 1.61. The summed E-state index contributed by atoms with van der Waals surface area (Å²) in [5.74, 6) is 0.0601. The first-order valence-corrected chi connectivity index (χ1v) is 8.94. The van der Waals surface area contributed by atoms with Gasteiger partial charge >= 0.3 is 0 Å². The highest BCUT2D eigenvalue weighted by Gasteiger charge is 2.20. The van der Waals surface area contributed by atoms with Gasteiger partial charge in [-0.25, -0.2) is 9.67 Å². The van der Waals surface area contributed by atoms with Crippen molar-refractivity contribution in [1.82, 2.24) is 19.7 Å². The molecular formula is C19H20N4OS. The highest BCUT2D eigenvalue weighted by Crippen LogP contribution is 2.21. The van der Waals surface area contributed by atoms with Gasteiger partial charge in [-0.05, 0) is 24.6 Å². The summed E-state index contributed by atoms with van der Waals surface area (Å²) in [4.78, 5) is 18.6. The Hall–Kier alpha value is -2.60. The highest BCUT2D eigenvalue weighted by atomic mass is 32.2. The van der Waals surface area contributed by atoms with E-state index in [-0.39, 0.29) is 11.2 Å². The number of thioether (sulfide) groups is 1. The van der Waals surface area contributed by atoms with Crippen LogP contribution in [-0.4, -0.2) is 37.9 Å². The van der Waals surface area contributed by atoms with E-state index in [1.54, 1.807) is 15.9 Å². The third-order valence-corrected chi connectivity index (χ3v) is 4.71. The van der Waals surface area contributed by atoms with Gasteiger partial charge in [0.1, 0.15) is 6.33 Å². The van der Waals surface area contributed by atoms with Gasteiger partial charge in [-0.3, -0.25) is 4.79 Å². The third-order valence-electron chi connectivity index (χ3n) is 3.76. The first-order chi connectivity index (χ1) is 12.1. The fourth-order valence-corrected chi connectivity index (χ4v) is 3.30. The lowest BCUT2D eigenvalue weighted by molar-refractivity contribution is -0.129. The summed E-state index contributed by atoms with van der Waals surface area (Å²) in [5, 5.41) is 4.79. The van der Waals surface area contributed by atoms with Gasteiger partial charge in [0.2, 0.25) is 11.1 Å². The molecule has 0 N–H and O–H groups in total. The monoisotopic (exact) mass is 352 g/mol. The largest absolute Gasteiger partial charge is 0.340 e. The summed E-state index contributed by atoms with van der Waals surface area (Å²) < 4.78 is 1.72. The highest BCUT2D eigenvalue weighted by molar-refractivity contribution is 8.00. The van der Waals surface area contributed by atoms with Gasteiger partial charge in [-0.2, -0.15) is 0 Å². The second-order valence-corrected chi connectivity index (χ2v) is 7.06. The van der Waals surface area contributed by atoms with Crippen molar-refractivity contribution in [2.24, 2.45) is 0 Å². The Kier molecular flexibility index (Phi) is 5.50. The molecule has 0 aliphatic rings. The number of hydrogen-bond donors (Lipinski definition) is 0. The molecule has 6 heteroatoms. The summed E-state index contributed by atoms with van der Waals surface area (Å²) >= 11 is 1.37. The van der Waals surface area contributed by atoms with E-state index in [0.29, 0.717) is 11.7 Å². The molecule has 1 aromatic heterocycles. The Labute approximate surface area is 151 Å². The van der Waals surface area contributed by atoms with Gasteiger partial charge in [-0.15, -0.1) is 5.10 Å². The summed E-state index contributed by atoms with van der Waals surface area (Å²) in [6.45, 7) is 2.48. The van der Waals surface area contributed by atoms with E-state index in [9.17, 15) is 4.79 Å². The molecule has 128 valence electrons. The third kappa shape index (κ3) is 4.48. The zero-order valence-corrected chi connectivity index (χ0v) is 15.1. The molecule has 0 aliphatic carbocycles. The topological polar surface area (TPSA) is 51.0 Å². The summed E-state index contributed by atoms with van der Waals surface area (Å²) in [7, 11) is 1.82. The van der Waals surface area contributed by atoms with Crippen LogP contribution in [0.15, 0.2) is 72.1 Å². The molecule has 1 unspecified atom stereocenters. The van der Waals surface area contributed by atoms with E-state index in [4.69, 9.17) is 0 Å². The van der Waals surface area contributed by atoms with Crippen molar-refractivity contribution in [2.75, 3.05) is 7.05 Å². The van der Waals surface area contributed by atoms with E-state index in [1.807, 2.05) is 74.6 Å². The van der Waals surface area contributed by atoms with Crippen LogP contribution in [0, 0.1) is 0 Å². The minimum atomic E-state index is -0.250. The van der Waals surface area contributed by atoms with E-state index in [2.05, 4.69) is 10.1 Å². The molecule has 0 radical (unpaired) electrons. The Morgan fingerprint density at radius 1 is 1.12 bits per heavy atom. The lowest BCUT2D eigenvalue weighted by Crippen LogP contribution is -2.32. The SMILES string of the molecule is CC(Sc1ncn(-c2ccccc2)n1)C(=O)N(C)Cc1ccccc1. The quantitative estimate of drug-likeness (QED) is 0.638. The van der Waals surface area contributed by atoms with Gasteiger partial charge in [0, 0.05) is 13.6 Å². The van der Waals surface area contributed by atoms with Crippen LogP contribution >= 0.6 is 11.8 Å². The van der Waals surface area contributed by atoms with Crippen molar-refractivity contribution in [3.8, 4) is 5.69 Å². The van der Waals surface area contributed by atoms with Gasteiger partial charge in [0.25, 0.3) is 0 Å². The van der Waals surface area contributed by atoms with Crippen LogP contribution in [-0.2, 0) is 11.3 Å². The molecule has 25 heavy (non-hydrogen) atoms. The number of amides is 1. The van der Waals surface area contributed by atoms with Crippen molar-refractivity contribution in [2.45, 2.75) is 23.9 Å². The van der Waals surface area contributed by atoms with E-state index >= 15 is 0 Å². The summed E-state index contributed by atoms with van der Waals surface area (Å²) in [6.07, 6.45) is 1.67. The lowest BCUT2D eigenvalue weighted by Gasteiger charge is -2.20. The van der Waals surface area contributed by atoms with Gasteiger partial charge in [-0.1, -0.05) is 60.3 Å². The maximum atomic E-state index is 12.6. The molecule has 0 spiro atoms. The minimum absolute atomic E-state index is 0.0601. The summed E-state index contributed by atoms with van der Waals surface area (Å²) in [6, 6.07) is 19.8. The molecule has 0 bridgehead atoms. The Bertz CT molecular complexity index is 820. The van der Waals surface area contributed by atoms with E-state index in [1.165, 1.54) is 11.8 Å². The molecular weight excluding hydrogens is 332 g/mol. The molecule has 0 aliphatic heterocycles. The van der Waals surface area contributed by atoms with Gasteiger partial charge in [0.15, 0.2) is 0 Å². The average Bonchev–Trinajstić information content (AvgIpc) is 3.11. The van der Waals surface area contributed by atoms with Gasteiger partial charge < -0.3 is 4.90 Å². The second-order valence-electron chi connectivity index (χ2n) is 5.75. The number of carbonyl (C=O) groups is 1. The Morgan fingerprint density at radius 2 is 1.76 bits per heavy atom. The first-order valence-electron chi connectivity index (χ1n) is 8.06. The number of rotatable bonds is 6. The van der Waals surface area contributed by atoms with Crippen LogP contribution in [0.1, 0.15) is 12.5 Å². The number of para-hydroxylation sites is 1. The van der Waals surface area contributed by atoms with Crippen LogP contribution in [0.4, 0.5) is 0 Å². The van der Waals surface area contributed by atoms with E-state index in [0.717, 1.165) is 11.3 Å². The second kappa shape index (κ2) is 7.98. The molecule has 1 atom stereocenters. The summed E-state index contributed by atoms with van der Waals surface area (Å²) in [5.41, 5.74) is 2.06. The van der Waals surface area contributed by atoms with Crippen molar-refractivity contribution >= 4 is 17.7 Å². The molecule has 0 saturated heterocycles. The number of carbonyl (C=O) groups excluding carboxylic acids is 1. The van der Waals surface area contributed by atoms with Gasteiger partial charge in [0.05, 0.1) is 10.9 Å².